The Bertz CT molecular complexity index is 566. The highest BCUT2D eigenvalue weighted by Gasteiger charge is 2.13. The summed E-state index contributed by atoms with van der Waals surface area (Å²) in [6, 6.07) is 4.27. The quantitative estimate of drug-likeness (QED) is 0.869. The number of hydrogen-bond donors (Lipinski definition) is 1. The Balaban J connectivity index is 2.47. The zero-order chi connectivity index (χ0) is 13.8. The van der Waals surface area contributed by atoms with Crippen LogP contribution in [0.1, 0.15) is 30.8 Å². The van der Waals surface area contributed by atoms with E-state index in [1.165, 1.54) is 4.88 Å². The molecule has 0 aliphatic rings. The Kier molecular flexibility index (Phi) is 4.93. The van der Waals surface area contributed by atoms with Gasteiger partial charge in [-0.3, -0.25) is 0 Å². The van der Waals surface area contributed by atoms with Crippen LogP contribution >= 0.6 is 27.3 Å². The van der Waals surface area contributed by atoms with Gasteiger partial charge in [-0.2, -0.15) is 0 Å². The van der Waals surface area contributed by atoms with E-state index in [0.29, 0.717) is 0 Å². The van der Waals surface area contributed by atoms with Crippen LogP contribution in [0.2, 0.25) is 0 Å². The Hall–Kier alpha value is -0.940. The van der Waals surface area contributed by atoms with Crippen molar-refractivity contribution in [2.45, 2.75) is 33.1 Å². The summed E-state index contributed by atoms with van der Waals surface area (Å²) in [6.07, 6.45) is 3.08. The van der Waals surface area contributed by atoms with Gasteiger partial charge < -0.3 is 5.32 Å². The van der Waals surface area contributed by atoms with Gasteiger partial charge in [0.2, 0.25) is 0 Å². The van der Waals surface area contributed by atoms with E-state index < -0.39 is 0 Å². The molecule has 2 aromatic heterocycles. The van der Waals surface area contributed by atoms with E-state index in [9.17, 15) is 0 Å². The van der Waals surface area contributed by atoms with Crippen molar-refractivity contribution in [1.82, 2.24) is 9.97 Å². The molecule has 5 heteroatoms. The van der Waals surface area contributed by atoms with Gasteiger partial charge in [0, 0.05) is 11.9 Å². The largest absolute Gasteiger partial charge is 0.372 e. The molecule has 0 saturated heterocycles. The molecular formula is C14H18BrN3S. The summed E-state index contributed by atoms with van der Waals surface area (Å²) in [5.74, 6) is 1.68. The molecule has 102 valence electrons. The number of nitrogens with one attached hydrogen (secondary N) is 1. The molecule has 0 radical (unpaired) electrons. The van der Waals surface area contributed by atoms with Gasteiger partial charge in [0.15, 0.2) is 5.82 Å². The second kappa shape index (κ2) is 6.48. The first kappa shape index (κ1) is 14.5. The van der Waals surface area contributed by atoms with Gasteiger partial charge in [0.25, 0.3) is 0 Å². The number of aryl methyl sites for hydroxylation is 2. The zero-order valence-corrected chi connectivity index (χ0v) is 13.9. The van der Waals surface area contributed by atoms with Gasteiger partial charge >= 0.3 is 0 Å². The lowest BCUT2D eigenvalue weighted by Crippen LogP contribution is -2.02. The molecule has 0 saturated carbocycles. The lowest BCUT2D eigenvalue weighted by atomic mass is 10.2. The monoisotopic (exact) mass is 339 g/mol. The van der Waals surface area contributed by atoms with Gasteiger partial charge in [0.05, 0.1) is 15.0 Å². The molecular weight excluding hydrogens is 322 g/mol. The summed E-state index contributed by atoms with van der Waals surface area (Å²) in [6.45, 7) is 4.33. The van der Waals surface area contributed by atoms with Gasteiger partial charge in [-0.05, 0) is 40.9 Å². The molecule has 1 N–H and O–H groups in total. The topological polar surface area (TPSA) is 37.8 Å². The summed E-state index contributed by atoms with van der Waals surface area (Å²) in [7, 11) is 1.89. The summed E-state index contributed by atoms with van der Waals surface area (Å²) in [5, 5.41) is 3.13. The Labute approximate surface area is 126 Å². The maximum Gasteiger partial charge on any atom is 0.171 e. The van der Waals surface area contributed by atoms with Gasteiger partial charge in [0.1, 0.15) is 5.82 Å². The second-order valence-corrected chi connectivity index (χ2v) is 6.24. The van der Waals surface area contributed by atoms with E-state index in [1.807, 2.05) is 7.05 Å². The van der Waals surface area contributed by atoms with Crippen molar-refractivity contribution in [1.29, 1.82) is 0 Å². The molecule has 0 aromatic carbocycles. The molecule has 2 aromatic rings. The summed E-state index contributed by atoms with van der Waals surface area (Å²) < 4.78 is 0.980. The highest BCUT2D eigenvalue weighted by molar-refractivity contribution is 9.10. The SMILES string of the molecule is CCCc1nc(-c2ccc(CC)s2)nc(NC)c1Br. The highest BCUT2D eigenvalue weighted by Crippen LogP contribution is 2.31. The predicted molar refractivity (Wildman–Crippen MR) is 86.0 cm³/mol. The fourth-order valence-electron chi connectivity index (χ4n) is 1.86. The zero-order valence-electron chi connectivity index (χ0n) is 11.5. The van der Waals surface area contributed by atoms with Crippen LogP contribution in [0.5, 0.6) is 0 Å². The molecule has 2 heterocycles. The van der Waals surface area contributed by atoms with Crippen molar-refractivity contribution in [2.24, 2.45) is 0 Å². The smallest absolute Gasteiger partial charge is 0.171 e. The third kappa shape index (κ3) is 3.15. The van der Waals surface area contributed by atoms with Crippen molar-refractivity contribution >= 4 is 33.1 Å². The van der Waals surface area contributed by atoms with Crippen molar-refractivity contribution in [2.75, 3.05) is 12.4 Å². The van der Waals surface area contributed by atoms with Crippen molar-refractivity contribution in [3.8, 4) is 10.7 Å². The van der Waals surface area contributed by atoms with Gasteiger partial charge in [-0.25, -0.2) is 9.97 Å². The molecule has 0 unspecified atom stereocenters. The van der Waals surface area contributed by atoms with E-state index in [2.05, 4.69) is 52.2 Å². The number of hydrogen-bond acceptors (Lipinski definition) is 4. The average molecular weight is 340 g/mol. The minimum Gasteiger partial charge on any atom is -0.372 e. The average Bonchev–Trinajstić information content (AvgIpc) is 2.90. The molecule has 2 rings (SSSR count). The van der Waals surface area contributed by atoms with Crippen LogP contribution in [0.4, 0.5) is 5.82 Å². The molecule has 0 bridgehead atoms. The number of aromatic nitrogens is 2. The number of thiophene rings is 1. The van der Waals surface area contributed by atoms with Crippen molar-refractivity contribution in [3.63, 3.8) is 0 Å². The third-order valence-electron chi connectivity index (χ3n) is 2.87. The number of nitrogens with zero attached hydrogens (tertiary/aromatic N) is 2. The van der Waals surface area contributed by atoms with Crippen LogP contribution in [-0.2, 0) is 12.8 Å². The molecule has 19 heavy (non-hydrogen) atoms. The second-order valence-electron chi connectivity index (χ2n) is 4.28. The first-order chi connectivity index (χ1) is 9.19. The number of rotatable bonds is 5. The van der Waals surface area contributed by atoms with E-state index in [0.717, 1.165) is 45.9 Å². The van der Waals surface area contributed by atoms with Crippen molar-refractivity contribution < 1.29 is 0 Å². The lowest BCUT2D eigenvalue weighted by Gasteiger charge is -2.09. The predicted octanol–water partition coefficient (Wildman–Crippen LogP) is 4.52. The van der Waals surface area contributed by atoms with E-state index in [4.69, 9.17) is 4.98 Å². The summed E-state index contributed by atoms with van der Waals surface area (Å²) in [4.78, 5) is 11.8. The van der Waals surface area contributed by atoms with E-state index in [-0.39, 0.29) is 0 Å². The van der Waals surface area contributed by atoms with E-state index >= 15 is 0 Å². The molecule has 0 spiro atoms. The number of anilines is 1. The van der Waals surface area contributed by atoms with Crippen LogP contribution in [-0.4, -0.2) is 17.0 Å². The van der Waals surface area contributed by atoms with Gasteiger partial charge in [-0.15, -0.1) is 11.3 Å². The summed E-state index contributed by atoms with van der Waals surface area (Å²) >= 11 is 5.35. The first-order valence-corrected chi connectivity index (χ1v) is 8.13. The van der Waals surface area contributed by atoms with Crippen molar-refractivity contribution in [3.05, 3.63) is 27.2 Å². The lowest BCUT2D eigenvalue weighted by molar-refractivity contribution is 0.869. The third-order valence-corrected chi connectivity index (χ3v) is 4.93. The minimum atomic E-state index is 0.820. The Morgan fingerprint density at radius 2 is 2.05 bits per heavy atom. The fraction of sp³-hybridized carbons (Fsp3) is 0.429. The van der Waals surface area contributed by atoms with Crippen LogP contribution in [0.25, 0.3) is 10.7 Å². The molecule has 0 aliphatic carbocycles. The standard InChI is InChI=1S/C14H18BrN3S/c1-4-6-10-12(15)14(16-3)18-13(17-10)11-8-7-9(5-2)19-11/h7-8H,4-6H2,1-3H3,(H,16,17,18). The molecule has 0 amide bonds. The normalized spacial score (nSPS) is 10.7. The van der Waals surface area contributed by atoms with Crippen LogP contribution in [0.15, 0.2) is 16.6 Å². The maximum atomic E-state index is 4.70. The Morgan fingerprint density at radius 1 is 1.26 bits per heavy atom. The van der Waals surface area contributed by atoms with Crippen LogP contribution in [0.3, 0.4) is 0 Å². The minimum absolute atomic E-state index is 0.820. The van der Waals surface area contributed by atoms with Gasteiger partial charge in [-0.1, -0.05) is 20.3 Å². The van der Waals surface area contributed by atoms with Crippen LogP contribution in [0, 0.1) is 0 Å². The highest BCUT2D eigenvalue weighted by atomic mass is 79.9. The first-order valence-electron chi connectivity index (χ1n) is 6.52. The molecule has 3 nitrogen and oxygen atoms in total. The molecule has 0 fully saturated rings. The van der Waals surface area contributed by atoms with E-state index in [1.54, 1.807) is 11.3 Å². The summed E-state index contributed by atoms with van der Waals surface area (Å²) in [5.41, 5.74) is 1.07. The Morgan fingerprint density at radius 3 is 2.63 bits per heavy atom. The number of halogens is 1. The van der Waals surface area contributed by atoms with Crippen LogP contribution < -0.4 is 5.32 Å². The molecule has 0 atom stereocenters. The maximum absolute atomic E-state index is 4.70. The fourth-order valence-corrected chi connectivity index (χ4v) is 3.32. The molecule has 0 aliphatic heterocycles.